The molecule has 1 aromatic carbocycles. The standard InChI is InChI=1S/C21H24N5O2P/c1-5-18(27)14-10-24-19(22)9-16(14)26-15-8-6-7-13(21(15)28-2)17-11-25-20(12-23-17)29(3)4/h6-12H,5H2,1-4H3,(H3,22,24,26). The van der Waals surface area contributed by atoms with Crippen molar-refractivity contribution in [3.8, 4) is 17.0 Å². The lowest BCUT2D eigenvalue weighted by Gasteiger charge is -2.17. The number of ketones is 1. The van der Waals surface area contributed by atoms with Gasteiger partial charge in [0.25, 0.3) is 0 Å². The lowest BCUT2D eigenvalue weighted by Crippen LogP contribution is -2.07. The van der Waals surface area contributed by atoms with Crippen LogP contribution in [0.3, 0.4) is 0 Å². The smallest absolute Gasteiger partial charge is 0.166 e. The highest BCUT2D eigenvalue weighted by Crippen LogP contribution is 2.37. The number of carbonyl (C=O) groups is 1. The molecule has 3 rings (SSSR count). The van der Waals surface area contributed by atoms with Crippen LogP contribution in [0.1, 0.15) is 23.7 Å². The molecule has 0 unspecified atom stereocenters. The summed E-state index contributed by atoms with van der Waals surface area (Å²) in [4.78, 5) is 25.4. The second-order valence-electron chi connectivity index (χ2n) is 6.60. The molecule has 0 radical (unpaired) electrons. The summed E-state index contributed by atoms with van der Waals surface area (Å²) in [6.45, 7) is 6.09. The molecule has 3 aromatic rings. The summed E-state index contributed by atoms with van der Waals surface area (Å²) in [5.74, 6) is 0.912. The third kappa shape index (κ3) is 4.51. The Labute approximate surface area is 171 Å². The van der Waals surface area contributed by atoms with Crippen LogP contribution in [-0.4, -0.2) is 41.2 Å². The van der Waals surface area contributed by atoms with E-state index in [9.17, 15) is 4.79 Å². The van der Waals surface area contributed by atoms with Gasteiger partial charge in [-0.15, -0.1) is 0 Å². The zero-order chi connectivity index (χ0) is 21.0. The van der Waals surface area contributed by atoms with Gasteiger partial charge in [0.1, 0.15) is 5.82 Å². The number of carbonyl (C=O) groups excluding carboxylic acids is 1. The molecule has 7 nitrogen and oxygen atoms in total. The highest BCUT2D eigenvalue weighted by Gasteiger charge is 2.16. The SMILES string of the molecule is CCC(=O)c1cnc(N)cc1Nc1cccc(-c2cnc(P(C)C)cn2)c1OC. The summed E-state index contributed by atoms with van der Waals surface area (Å²) in [5.41, 5.74) is 10.1. The number of nitrogens with zero attached hydrogens (tertiary/aromatic N) is 3. The molecule has 0 bridgehead atoms. The normalized spacial score (nSPS) is 10.8. The molecule has 0 saturated heterocycles. The van der Waals surface area contributed by atoms with E-state index in [1.54, 1.807) is 19.4 Å². The number of hydrogen-bond donors (Lipinski definition) is 2. The lowest BCUT2D eigenvalue weighted by molar-refractivity contribution is 0.0988. The van der Waals surface area contributed by atoms with Gasteiger partial charge in [0.15, 0.2) is 11.5 Å². The first-order chi connectivity index (χ1) is 13.9. The molecule has 0 spiro atoms. The molecular formula is C21H24N5O2P. The second kappa shape index (κ2) is 8.97. The van der Waals surface area contributed by atoms with Crippen LogP contribution < -0.4 is 21.2 Å². The summed E-state index contributed by atoms with van der Waals surface area (Å²) in [6.07, 6.45) is 5.44. The fourth-order valence-corrected chi connectivity index (χ4v) is 3.46. The molecule has 0 saturated carbocycles. The third-order valence-electron chi connectivity index (χ3n) is 4.41. The summed E-state index contributed by atoms with van der Waals surface area (Å²) in [7, 11) is 1.29. The Hall–Kier alpha value is -3.05. The Morgan fingerprint density at radius 1 is 1.14 bits per heavy atom. The third-order valence-corrected chi connectivity index (χ3v) is 5.55. The van der Waals surface area contributed by atoms with Crippen LogP contribution in [0.25, 0.3) is 11.3 Å². The van der Waals surface area contributed by atoms with Crippen molar-refractivity contribution >= 4 is 36.3 Å². The van der Waals surface area contributed by atoms with E-state index in [0.717, 1.165) is 11.0 Å². The monoisotopic (exact) mass is 409 g/mol. The van der Waals surface area contributed by atoms with Crippen molar-refractivity contribution in [3.05, 3.63) is 48.4 Å². The van der Waals surface area contributed by atoms with Crippen molar-refractivity contribution in [1.29, 1.82) is 0 Å². The van der Waals surface area contributed by atoms with Gasteiger partial charge in [-0.25, -0.2) is 4.98 Å². The average Bonchev–Trinajstić information content (AvgIpc) is 2.73. The fourth-order valence-electron chi connectivity index (χ4n) is 2.88. The summed E-state index contributed by atoms with van der Waals surface area (Å²) < 4.78 is 5.68. The van der Waals surface area contributed by atoms with Gasteiger partial charge in [-0.05, 0) is 25.5 Å². The molecule has 0 aliphatic heterocycles. The van der Waals surface area contributed by atoms with Crippen LogP contribution in [0.5, 0.6) is 5.75 Å². The van der Waals surface area contributed by atoms with E-state index in [0.29, 0.717) is 40.6 Å². The topological polar surface area (TPSA) is 103 Å². The number of para-hydroxylation sites is 1. The second-order valence-corrected chi connectivity index (χ2v) is 8.84. The number of nitrogen functional groups attached to an aromatic ring is 1. The van der Waals surface area contributed by atoms with Crippen LogP contribution in [0.4, 0.5) is 17.2 Å². The first kappa shape index (κ1) is 20.7. The summed E-state index contributed by atoms with van der Waals surface area (Å²) in [5, 5.41) is 3.28. The van der Waals surface area contributed by atoms with Crippen molar-refractivity contribution < 1.29 is 9.53 Å². The van der Waals surface area contributed by atoms with Gasteiger partial charge >= 0.3 is 0 Å². The number of Topliss-reactive ketones (excluding diaryl/α,β-unsaturated/α-hetero) is 1. The van der Waals surface area contributed by atoms with Gasteiger partial charge in [-0.2, -0.15) is 0 Å². The number of rotatable bonds is 7. The van der Waals surface area contributed by atoms with Crippen molar-refractivity contribution in [3.63, 3.8) is 0 Å². The predicted molar refractivity (Wildman–Crippen MR) is 119 cm³/mol. The van der Waals surface area contributed by atoms with Crippen LogP contribution >= 0.6 is 7.92 Å². The molecule has 150 valence electrons. The van der Waals surface area contributed by atoms with Crippen molar-refractivity contribution in [1.82, 2.24) is 15.0 Å². The number of pyridine rings is 1. The van der Waals surface area contributed by atoms with E-state index in [1.807, 2.05) is 31.3 Å². The van der Waals surface area contributed by atoms with Crippen LogP contribution in [0, 0.1) is 0 Å². The lowest BCUT2D eigenvalue weighted by atomic mass is 10.1. The highest BCUT2D eigenvalue weighted by molar-refractivity contribution is 7.63. The number of benzene rings is 1. The molecular weight excluding hydrogens is 385 g/mol. The molecule has 8 heteroatoms. The number of hydrogen-bond acceptors (Lipinski definition) is 7. The van der Waals surface area contributed by atoms with E-state index >= 15 is 0 Å². The number of ether oxygens (including phenoxy) is 1. The molecule has 3 N–H and O–H groups in total. The summed E-state index contributed by atoms with van der Waals surface area (Å²) >= 11 is 0. The fraction of sp³-hybridized carbons (Fsp3) is 0.238. The van der Waals surface area contributed by atoms with E-state index in [2.05, 4.69) is 33.6 Å². The number of nitrogens with one attached hydrogen (secondary N) is 1. The zero-order valence-electron chi connectivity index (χ0n) is 16.9. The van der Waals surface area contributed by atoms with Crippen LogP contribution in [-0.2, 0) is 0 Å². The Bertz CT molecular complexity index is 1020. The van der Waals surface area contributed by atoms with Crippen molar-refractivity contribution in [2.75, 3.05) is 31.5 Å². The Morgan fingerprint density at radius 2 is 1.93 bits per heavy atom. The maximum Gasteiger partial charge on any atom is 0.166 e. The first-order valence-electron chi connectivity index (χ1n) is 9.17. The van der Waals surface area contributed by atoms with Gasteiger partial charge in [0.05, 0.1) is 47.6 Å². The summed E-state index contributed by atoms with van der Waals surface area (Å²) in [6, 6.07) is 7.34. The van der Waals surface area contributed by atoms with E-state index in [1.165, 1.54) is 6.20 Å². The predicted octanol–water partition coefficient (Wildman–Crippen LogP) is 3.83. The van der Waals surface area contributed by atoms with Gasteiger partial charge in [-0.1, -0.05) is 20.9 Å². The number of anilines is 3. The maximum absolute atomic E-state index is 12.3. The molecule has 0 aliphatic rings. The first-order valence-corrected chi connectivity index (χ1v) is 11.4. The minimum Gasteiger partial charge on any atom is -0.494 e. The number of nitrogens with two attached hydrogens (primary N) is 1. The van der Waals surface area contributed by atoms with E-state index in [4.69, 9.17) is 10.5 Å². The molecule has 0 amide bonds. The Balaban J connectivity index is 2.03. The van der Waals surface area contributed by atoms with Gasteiger partial charge in [0, 0.05) is 24.2 Å². The molecule has 0 fully saturated rings. The van der Waals surface area contributed by atoms with Gasteiger partial charge in [0.2, 0.25) is 0 Å². The average molecular weight is 409 g/mol. The van der Waals surface area contributed by atoms with Crippen LogP contribution in [0.2, 0.25) is 0 Å². The quantitative estimate of drug-likeness (QED) is 0.451. The number of methoxy groups -OCH3 is 1. The largest absolute Gasteiger partial charge is 0.494 e. The molecule has 2 heterocycles. The Morgan fingerprint density at radius 3 is 2.55 bits per heavy atom. The molecule has 0 aliphatic carbocycles. The molecule has 0 atom stereocenters. The highest BCUT2D eigenvalue weighted by atomic mass is 31.1. The van der Waals surface area contributed by atoms with E-state index in [-0.39, 0.29) is 13.7 Å². The number of aromatic nitrogens is 3. The van der Waals surface area contributed by atoms with Crippen molar-refractivity contribution in [2.24, 2.45) is 0 Å². The van der Waals surface area contributed by atoms with Gasteiger partial charge < -0.3 is 15.8 Å². The minimum atomic E-state index is -0.310. The van der Waals surface area contributed by atoms with Crippen molar-refractivity contribution in [2.45, 2.75) is 13.3 Å². The maximum atomic E-state index is 12.3. The molecule has 29 heavy (non-hydrogen) atoms. The van der Waals surface area contributed by atoms with E-state index < -0.39 is 0 Å². The zero-order valence-corrected chi connectivity index (χ0v) is 17.8. The molecule has 2 aromatic heterocycles. The van der Waals surface area contributed by atoms with Gasteiger partial charge in [-0.3, -0.25) is 14.8 Å². The Kier molecular flexibility index (Phi) is 6.39. The van der Waals surface area contributed by atoms with Crippen LogP contribution in [0.15, 0.2) is 42.9 Å². The minimum absolute atomic E-state index is 0.0211.